The molecule has 2 nitrogen and oxygen atoms in total. The van der Waals surface area contributed by atoms with Gasteiger partial charge >= 0.3 is 0 Å². The molecule has 2 aromatic rings. The molecular formula is C14H15NOS. The van der Waals surface area contributed by atoms with Crippen LogP contribution >= 0.6 is 11.3 Å². The maximum Gasteiger partial charge on any atom is 0.171 e. The van der Waals surface area contributed by atoms with Gasteiger partial charge in [0.25, 0.3) is 0 Å². The molecule has 0 unspecified atom stereocenters. The molecule has 3 heteroatoms. The van der Waals surface area contributed by atoms with E-state index in [4.69, 9.17) is 0 Å². The second-order valence-corrected chi connectivity index (χ2v) is 5.15. The van der Waals surface area contributed by atoms with Gasteiger partial charge in [-0.3, -0.25) is 4.79 Å². The van der Waals surface area contributed by atoms with E-state index < -0.39 is 0 Å². The summed E-state index contributed by atoms with van der Waals surface area (Å²) in [5.41, 5.74) is 2.18. The van der Waals surface area contributed by atoms with Gasteiger partial charge in [-0.25, -0.2) is 4.98 Å². The van der Waals surface area contributed by atoms with E-state index in [0.717, 1.165) is 28.4 Å². The first-order valence-electron chi connectivity index (χ1n) is 5.68. The number of ketones is 1. The quantitative estimate of drug-likeness (QED) is 0.772. The number of hydrogen-bond donors (Lipinski definition) is 0. The lowest BCUT2D eigenvalue weighted by atomic mass is 10.1. The minimum absolute atomic E-state index is 0.117. The van der Waals surface area contributed by atoms with Gasteiger partial charge in [0.05, 0.1) is 15.6 Å². The van der Waals surface area contributed by atoms with Crippen molar-refractivity contribution in [2.75, 3.05) is 0 Å². The first-order valence-corrected chi connectivity index (χ1v) is 6.49. The highest BCUT2D eigenvalue weighted by atomic mass is 32.1. The van der Waals surface area contributed by atoms with Crippen molar-refractivity contribution < 1.29 is 4.79 Å². The highest BCUT2D eigenvalue weighted by Crippen LogP contribution is 2.20. The number of carbonyl (C=O) groups excluding carboxylic acids is 1. The van der Waals surface area contributed by atoms with Gasteiger partial charge in [0.1, 0.15) is 0 Å². The van der Waals surface area contributed by atoms with E-state index in [1.807, 2.05) is 25.1 Å². The molecule has 0 atom stereocenters. The highest BCUT2D eigenvalue weighted by molar-refractivity contribution is 7.13. The number of aryl methyl sites for hydroxylation is 3. The molecule has 0 aliphatic heterocycles. The highest BCUT2D eigenvalue weighted by Gasteiger charge is 2.10. The fourth-order valence-corrected chi connectivity index (χ4v) is 2.74. The van der Waals surface area contributed by atoms with E-state index in [-0.39, 0.29) is 5.78 Å². The van der Waals surface area contributed by atoms with Crippen LogP contribution < -0.4 is 0 Å². The van der Waals surface area contributed by atoms with Crippen molar-refractivity contribution in [2.24, 2.45) is 0 Å². The predicted molar refractivity (Wildman–Crippen MR) is 70.7 cm³/mol. The SMILES string of the molecule is CC(=O)c1sc(CCc2ccccc2)nc1C. The molecule has 2 rings (SSSR count). The van der Waals surface area contributed by atoms with Crippen LogP contribution in [-0.2, 0) is 12.8 Å². The molecule has 1 aromatic heterocycles. The summed E-state index contributed by atoms with van der Waals surface area (Å²) < 4.78 is 0. The Kier molecular flexibility index (Phi) is 3.69. The molecular weight excluding hydrogens is 230 g/mol. The molecule has 0 radical (unpaired) electrons. The van der Waals surface area contributed by atoms with Crippen molar-refractivity contribution >= 4 is 17.1 Å². The third-order valence-electron chi connectivity index (χ3n) is 2.63. The Morgan fingerprint density at radius 2 is 1.94 bits per heavy atom. The molecule has 17 heavy (non-hydrogen) atoms. The largest absolute Gasteiger partial charge is 0.294 e. The molecule has 88 valence electrons. The first-order chi connectivity index (χ1) is 8.16. The van der Waals surface area contributed by atoms with Gasteiger partial charge in [-0.15, -0.1) is 11.3 Å². The molecule has 0 bridgehead atoms. The Hall–Kier alpha value is -1.48. The summed E-state index contributed by atoms with van der Waals surface area (Å²) in [7, 11) is 0. The molecule has 1 heterocycles. The van der Waals surface area contributed by atoms with Gasteiger partial charge in [0.2, 0.25) is 0 Å². The molecule has 0 saturated carbocycles. The summed E-state index contributed by atoms with van der Waals surface area (Å²) in [5.74, 6) is 0.117. The van der Waals surface area contributed by atoms with Crippen LogP contribution in [0.3, 0.4) is 0 Å². The van der Waals surface area contributed by atoms with Gasteiger partial charge in [0, 0.05) is 13.3 Å². The maximum atomic E-state index is 11.3. The number of aromatic nitrogens is 1. The number of nitrogens with zero attached hydrogens (tertiary/aromatic N) is 1. The van der Waals surface area contributed by atoms with Crippen LogP contribution in [0.1, 0.15) is 32.9 Å². The van der Waals surface area contributed by atoms with E-state index in [9.17, 15) is 4.79 Å². The van der Waals surface area contributed by atoms with Crippen molar-refractivity contribution in [3.05, 3.63) is 51.5 Å². The summed E-state index contributed by atoms with van der Waals surface area (Å²) in [6, 6.07) is 10.3. The van der Waals surface area contributed by atoms with Gasteiger partial charge in [-0.05, 0) is 18.9 Å². The average Bonchev–Trinajstić information content (AvgIpc) is 2.69. The van der Waals surface area contributed by atoms with Gasteiger partial charge in [-0.1, -0.05) is 30.3 Å². The van der Waals surface area contributed by atoms with E-state index in [1.165, 1.54) is 16.9 Å². The lowest BCUT2D eigenvalue weighted by Gasteiger charge is -1.97. The smallest absolute Gasteiger partial charge is 0.171 e. The van der Waals surface area contributed by atoms with Gasteiger partial charge in [0.15, 0.2) is 5.78 Å². The second kappa shape index (κ2) is 5.23. The summed E-state index contributed by atoms with van der Waals surface area (Å²) in [6.07, 6.45) is 1.88. The third kappa shape index (κ3) is 3.01. The van der Waals surface area contributed by atoms with Crippen molar-refractivity contribution in [1.82, 2.24) is 4.98 Å². The molecule has 0 spiro atoms. The molecule has 0 saturated heterocycles. The van der Waals surface area contributed by atoms with Gasteiger partial charge in [-0.2, -0.15) is 0 Å². The van der Waals surface area contributed by atoms with Crippen molar-refractivity contribution in [2.45, 2.75) is 26.7 Å². The topological polar surface area (TPSA) is 30.0 Å². The molecule has 0 amide bonds. The fraction of sp³-hybridized carbons (Fsp3) is 0.286. The van der Waals surface area contributed by atoms with Crippen LogP contribution in [0.25, 0.3) is 0 Å². The first kappa shape index (κ1) is 12.0. The lowest BCUT2D eigenvalue weighted by Crippen LogP contribution is -1.90. The zero-order chi connectivity index (χ0) is 12.3. The van der Waals surface area contributed by atoms with Crippen LogP contribution in [-0.4, -0.2) is 10.8 Å². The summed E-state index contributed by atoms with van der Waals surface area (Å²) >= 11 is 1.53. The minimum atomic E-state index is 0.117. The zero-order valence-corrected chi connectivity index (χ0v) is 10.9. The van der Waals surface area contributed by atoms with E-state index in [1.54, 1.807) is 6.92 Å². The number of benzene rings is 1. The Morgan fingerprint density at radius 3 is 2.53 bits per heavy atom. The normalized spacial score (nSPS) is 10.5. The summed E-state index contributed by atoms with van der Waals surface area (Å²) in [6.45, 7) is 3.50. The Bertz CT molecular complexity index is 516. The second-order valence-electron chi connectivity index (χ2n) is 4.06. The summed E-state index contributed by atoms with van der Waals surface area (Å²) in [5, 5.41) is 1.05. The predicted octanol–water partition coefficient (Wildman–Crippen LogP) is 3.44. The lowest BCUT2D eigenvalue weighted by molar-refractivity contribution is 0.102. The van der Waals surface area contributed by atoms with Crippen LogP contribution in [0.5, 0.6) is 0 Å². The number of thiazole rings is 1. The average molecular weight is 245 g/mol. The monoisotopic (exact) mass is 245 g/mol. The maximum absolute atomic E-state index is 11.3. The summed E-state index contributed by atoms with van der Waals surface area (Å²) in [4.78, 5) is 16.6. The van der Waals surface area contributed by atoms with E-state index in [2.05, 4.69) is 17.1 Å². The minimum Gasteiger partial charge on any atom is -0.294 e. The molecule has 1 aromatic carbocycles. The number of rotatable bonds is 4. The number of hydrogen-bond acceptors (Lipinski definition) is 3. The Morgan fingerprint density at radius 1 is 1.24 bits per heavy atom. The fourth-order valence-electron chi connectivity index (χ4n) is 1.78. The van der Waals surface area contributed by atoms with E-state index in [0.29, 0.717) is 0 Å². The standard InChI is InChI=1S/C14H15NOS/c1-10-14(11(2)16)17-13(15-10)9-8-12-6-4-3-5-7-12/h3-7H,8-9H2,1-2H3. The van der Waals surface area contributed by atoms with Crippen LogP contribution in [0.2, 0.25) is 0 Å². The zero-order valence-electron chi connectivity index (χ0n) is 10.1. The number of Topliss-reactive ketones (excluding diaryl/α,β-unsaturated/α-hetero) is 1. The number of carbonyl (C=O) groups is 1. The molecule has 0 N–H and O–H groups in total. The molecule has 0 aliphatic rings. The van der Waals surface area contributed by atoms with Crippen molar-refractivity contribution in [3.8, 4) is 0 Å². The Labute approximate surface area is 105 Å². The van der Waals surface area contributed by atoms with E-state index >= 15 is 0 Å². The van der Waals surface area contributed by atoms with Gasteiger partial charge < -0.3 is 0 Å². The molecule has 0 aliphatic carbocycles. The van der Waals surface area contributed by atoms with Crippen molar-refractivity contribution in [3.63, 3.8) is 0 Å². The Balaban J connectivity index is 2.05. The molecule has 0 fully saturated rings. The third-order valence-corrected chi connectivity index (χ3v) is 3.95. The van der Waals surface area contributed by atoms with Crippen LogP contribution in [0.4, 0.5) is 0 Å². The van der Waals surface area contributed by atoms with Crippen LogP contribution in [0.15, 0.2) is 30.3 Å². The van der Waals surface area contributed by atoms with Crippen LogP contribution in [0, 0.1) is 6.92 Å². The van der Waals surface area contributed by atoms with Crippen molar-refractivity contribution in [1.29, 1.82) is 0 Å².